The van der Waals surface area contributed by atoms with E-state index in [0.717, 1.165) is 5.56 Å². The second-order valence-electron chi connectivity index (χ2n) is 6.45. The molecule has 4 rings (SSSR count). The maximum atomic E-state index is 12.6. The van der Waals surface area contributed by atoms with Crippen molar-refractivity contribution in [3.05, 3.63) is 70.8 Å². The van der Waals surface area contributed by atoms with Crippen molar-refractivity contribution in [3.63, 3.8) is 0 Å². The van der Waals surface area contributed by atoms with Crippen LogP contribution in [0.3, 0.4) is 0 Å². The Hall–Kier alpha value is -4.14. The number of rotatable bonds is 6. The molecule has 0 fully saturated rings. The number of ether oxygens (including phenoxy) is 2. The minimum atomic E-state index is -0.384. The first kappa shape index (κ1) is 19.2. The summed E-state index contributed by atoms with van der Waals surface area (Å²) in [5, 5.41) is 13.7. The smallest absolute Gasteiger partial charge is 0.290 e. The molecule has 0 bridgehead atoms. The number of hydrogen-bond donors (Lipinski definition) is 2. The van der Waals surface area contributed by atoms with E-state index in [9.17, 15) is 9.59 Å². The lowest BCUT2D eigenvalue weighted by Crippen LogP contribution is -2.22. The van der Waals surface area contributed by atoms with Gasteiger partial charge in [0.1, 0.15) is 17.0 Å². The molecule has 2 N–H and O–H groups in total. The summed E-state index contributed by atoms with van der Waals surface area (Å²) in [4.78, 5) is 24.8. The van der Waals surface area contributed by atoms with Gasteiger partial charge in [0.05, 0.1) is 32.0 Å². The molecule has 2 aromatic heterocycles. The highest BCUT2D eigenvalue weighted by atomic mass is 16.5. The summed E-state index contributed by atoms with van der Waals surface area (Å²) >= 11 is 0. The van der Waals surface area contributed by atoms with Gasteiger partial charge in [-0.15, -0.1) is 0 Å². The van der Waals surface area contributed by atoms with Crippen LogP contribution in [-0.2, 0) is 11.2 Å². The first-order valence-electron chi connectivity index (χ1n) is 9.13. The highest BCUT2D eigenvalue weighted by Gasteiger charge is 2.16. The minimum absolute atomic E-state index is 0.0988. The molecule has 0 saturated heterocycles. The van der Waals surface area contributed by atoms with E-state index in [1.165, 1.54) is 11.6 Å². The molecule has 0 saturated carbocycles. The van der Waals surface area contributed by atoms with Crippen LogP contribution in [0.2, 0.25) is 0 Å². The Bertz CT molecular complexity index is 1260. The summed E-state index contributed by atoms with van der Waals surface area (Å²) in [5.74, 6) is 1.04. The Balaban J connectivity index is 1.62. The summed E-state index contributed by atoms with van der Waals surface area (Å²) in [6.45, 7) is 0. The van der Waals surface area contributed by atoms with E-state index < -0.39 is 0 Å². The van der Waals surface area contributed by atoms with Gasteiger partial charge < -0.3 is 14.8 Å². The molecule has 30 heavy (non-hydrogen) atoms. The number of nitrogens with one attached hydrogen (secondary N) is 2. The maximum absolute atomic E-state index is 12.6. The second kappa shape index (κ2) is 8.08. The van der Waals surface area contributed by atoms with Crippen LogP contribution >= 0.6 is 0 Å². The molecule has 2 aromatic carbocycles. The molecular formula is C21H19N5O4. The molecule has 152 valence electrons. The molecule has 4 aromatic rings. The van der Waals surface area contributed by atoms with E-state index in [2.05, 4.69) is 20.6 Å². The standard InChI is InChI=1S/C21H19N5O4/c1-29-14-8-9-15(18(10-14)30-2)22-20(27)12-19-23-24-21(28)17-11-16(25-26(17)19)13-6-4-3-5-7-13/h3-11H,12H2,1-2H3,(H,22,27)(H,24,28). The molecule has 0 spiro atoms. The number of methoxy groups -OCH3 is 2. The second-order valence-corrected chi connectivity index (χ2v) is 6.45. The minimum Gasteiger partial charge on any atom is -0.497 e. The van der Waals surface area contributed by atoms with E-state index in [4.69, 9.17) is 9.47 Å². The van der Waals surface area contributed by atoms with Gasteiger partial charge in [-0.1, -0.05) is 30.3 Å². The highest BCUT2D eigenvalue weighted by molar-refractivity contribution is 5.93. The number of aromatic amines is 1. The highest BCUT2D eigenvalue weighted by Crippen LogP contribution is 2.29. The van der Waals surface area contributed by atoms with Crippen molar-refractivity contribution >= 4 is 17.1 Å². The number of hydrogen-bond acceptors (Lipinski definition) is 6. The normalized spacial score (nSPS) is 10.7. The van der Waals surface area contributed by atoms with Gasteiger partial charge in [-0.3, -0.25) is 9.59 Å². The summed E-state index contributed by atoms with van der Waals surface area (Å²) in [6.07, 6.45) is -0.0988. The predicted molar refractivity (Wildman–Crippen MR) is 111 cm³/mol. The lowest BCUT2D eigenvalue weighted by molar-refractivity contribution is -0.115. The summed E-state index contributed by atoms with van der Waals surface area (Å²) in [6, 6.07) is 16.2. The van der Waals surface area contributed by atoms with Crippen LogP contribution in [0, 0.1) is 0 Å². The van der Waals surface area contributed by atoms with Crippen LogP contribution in [-0.4, -0.2) is 39.9 Å². The largest absolute Gasteiger partial charge is 0.497 e. The van der Waals surface area contributed by atoms with Crippen LogP contribution < -0.4 is 20.3 Å². The molecule has 0 aliphatic heterocycles. The molecule has 0 atom stereocenters. The van der Waals surface area contributed by atoms with Crippen molar-refractivity contribution in [3.8, 4) is 22.8 Å². The zero-order valence-corrected chi connectivity index (χ0v) is 16.4. The lowest BCUT2D eigenvalue weighted by atomic mass is 10.1. The first-order chi connectivity index (χ1) is 14.6. The topological polar surface area (TPSA) is 111 Å². The molecule has 2 heterocycles. The number of aromatic nitrogens is 4. The Morgan fingerprint density at radius 3 is 2.63 bits per heavy atom. The fourth-order valence-corrected chi connectivity index (χ4v) is 3.06. The monoisotopic (exact) mass is 405 g/mol. The van der Waals surface area contributed by atoms with Crippen LogP contribution in [0.25, 0.3) is 16.8 Å². The fraction of sp³-hybridized carbons (Fsp3) is 0.143. The third-order valence-corrected chi connectivity index (χ3v) is 4.54. The molecule has 1 amide bonds. The van der Waals surface area contributed by atoms with Gasteiger partial charge in [0.25, 0.3) is 5.56 Å². The first-order valence-corrected chi connectivity index (χ1v) is 9.13. The Labute approximate surface area is 171 Å². The fourth-order valence-electron chi connectivity index (χ4n) is 3.06. The molecule has 0 unspecified atom stereocenters. The maximum Gasteiger partial charge on any atom is 0.290 e. The number of fused-ring (bicyclic) bond motifs is 1. The van der Waals surface area contributed by atoms with Gasteiger partial charge in [0, 0.05) is 11.6 Å². The number of nitrogens with zero attached hydrogens (tertiary/aromatic N) is 3. The van der Waals surface area contributed by atoms with Crippen LogP contribution in [0.15, 0.2) is 59.4 Å². The van der Waals surface area contributed by atoms with Crippen LogP contribution in [0.1, 0.15) is 5.82 Å². The van der Waals surface area contributed by atoms with Crippen LogP contribution in [0.4, 0.5) is 5.69 Å². The lowest BCUT2D eigenvalue weighted by Gasteiger charge is -2.11. The molecule has 0 radical (unpaired) electrons. The Kier molecular flexibility index (Phi) is 5.17. The summed E-state index contributed by atoms with van der Waals surface area (Å²) in [7, 11) is 3.06. The van der Waals surface area contributed by atoms with Gasteiger partial charge >= 0.3 is 0 Å². The van der Waals surface area contributed by atoms with Crippen molar-refractivity contribution in [2.24, 2.45) is 0 Å². The average molecular weight is 405 g/mol. The third kappa shape index (κ3) is 3.72. The average Bonchev–Trinajstić information content (AvgIpc) is 3.23. The zero-order valence-electron chi connectivity index (χ0n) is 16.4. The van der Waals surface area contributed by atoms with E-state index >= 15 is 0 Å². The van der Waals surface area contributed by atoms with Crippen LogP contribution in [0.5, 0.6) is 11.5 Å². The van der Waals surface area contributed by atoms with E-state index in [0.29, 0.717) is 34.2 Å². The van der Waals surface area contributed by atoms with Crippen molar-refractivity contribution < 1.29 is 14.3 Å². The van der Waals surface area contributed by atoms with E-state index in [1.807, 2.05) is 30.3 Å². The van der Waals surface area contributed by atoms with Gasteiger partial charge in [-0.25, -0.2) is 9.61 Å². The van der Waals surface area contributed by atoms with Gasteiger partial charge in [0.2, 0.25) is 5.91 Å². The van der Waals surface area contributed by atoms with E-state index in [1.54, 1.807) is 31.4 Å². The summed E-state index contributed by atoms with van der Waals surface area (Å²) in [5.41, 5.74) is 1.90. The van der Waals surface area contributed by atoms with Crippen molar-refractivity contribution in [2.45, 2.75) is 6.42 Å². The van der Waals surface area contributed by atoms with Gasteiger partial charge in [-0.05, 0) is 18.2 Å². The van der Waals surface area contributed by atoms with Gasteiger partial charge in [-0.2, -0.15) is 10.2 Å². The van der Waals surface area contributed by atoms with Crippen molar-refractivity contribution in [2.75, 3.05) is 19.5 Å². The number of amides is 1. The molecule has 0 aliphatic rings. The number of H-pyrrole nitrogens is 1. The SMILES string of the molecule is COc1ccc(NC(=O)Cc2n[nH]c(=O)c3cc(-c4ccccc4)nn23)c(OC)c1. The summed E-state index contributed by atoms with van der Waals surface area (Å²) < 4.78 is 11.9. The molecule has 9 nitrogen and oxygen atoms in total. The predicted octanol–water partition coefficient (Wildman–Crippen LogP) is 2.28. The van der Waals surface area contributed by atoms with Crippen molar-refractivity contribution in [1.82, 2.24) is 19.8 Å². The number of carbonyl (C=O) groups excluding carboxylic acids is 1. The zero-order chi connectivity index (χ0) is 21.1. The Morgan fingerprint density at radius 1 is 1.10 bits per heavy atom. The molecule has 9 heteroatoms. The van der Waals surface area contributed by atoms with Gasteiger partial charge in [0.15, 0.2) is 5.82 Å². The third-order valence-electron chi connectivity index (χ3n) is 4.54. The number of carbonyl (C=O) groups is 1. The number of benzene rings is 2. The van der Waals surface area contributed by atoms with E-state index in [-0.39, 0.29) is 17.9 Å². The number of anilines is 1. The molecular weight excluding hydrogens is 386 g/mol. The Morgan fingerprint density at radius 2 is 1.90 bits per heavy atom. The molecule has 0 aliphatic carbocycles. The van der Waals surface area contributed by atoms with Crippen molar-refractivity contribution in [1.29, 1.82) is 0 Å². The quantitative estimate of drug-likeness (QED) is 0.509.